The number of hydrogen-bond acceptors (Lipinski definition) is 2. The van der Waals surface area contributed by atoms with E-state index in [4.69, 9.17) is 11.6 Å². The van der Waals surface area contributed by atoms with Gasteiger partial charge in [0.1, 0.15) is 5.75 Å². The third-order valence-corrected chi connectivity index (χ3v) is 4.46. The van der Waals surface area contributed by atoms with E-state index in [0.717, 1.165) is 40.2 Å². The standard InChI is InChI=1S/C14H20ClNO/c1-8-9(2)14(17)12(10(3)13(8)15)11-6-4-5-7-16-11/h11,16-17H,4-7H2,1-3H3. The van der Waals surface area contributed by atoms with Crippen molar-refractivity contribution in [2.45, 2.75) is 46.1 Å². The predicted molar refractivity (Wildman–Crippen MR) is 71.9 cm³/mol. The number of phenolic OH excluding ortho intramolecular Hbond substituents is 1. The van der Waals surface area contributed by atoms with Crippen molar-refractivity contribution in [3.63, 3.8) is 0 Å². The van der Waals surface area contributed by atoms with Gasteiger partial charge in [0.05, 0.1) is 0 Å². The maximum atomic E-state index is 10.3. The van der Waals surface area contributed by atoms with Gasteiger partial charge in [-0.3, -0.25) is 0 Å². The fourth-order valence-corrected chi connectivity index (χ4v) is 2.89. The first-order valence-corrected chi connectivity index (χ1v) is 6.63. The fourth-order valence-electron chi connectivity index (χ4n) is 2.65. The highest BCUT2D eigenvalue weighted by Crippen LogP contribution is 2.40. The second-order valence-electron chi connectivity index (χ2n) is 4.95. The Hall–Kier alpha value is -0.730. The van der Waals surface area contributed by atoms with Crippen LogP contribution in [0.25, 0.3) is 0 Å². The molecule has 0 saturated carbocycles. The number of phenols is 1. The van der Waals surface area contributed by atoms with Crippen LogP contribution in [0.2, 0.25) is 5.02 Å². The first-order valence-electron chi connectivity index (χ1n) is 6.25. The molecule has 0 aliphatic carbocycles. The van der Waals surface area contributed by atoms with E-state index in [1.807, 2.05) is 20.8 Å². The molecule has 1 fully saturated rings. The van der Waals surface area contributed by atoms with Crippen LogP contribution in [-0.2, 0) is 0 Å². The molecule has 1 aromatic carbocycles. The van der Waals surface area contributed by atoms with Crippen molar-refractivity contribution in [3.05, 3.63) is 27.3 Å². The van der Waals surface area contributed by atoms with Crippen LogP contribution in [0.1, 0.15) is 47.6 Å². The molecule has 0 aromatic heterocycles. The second-order valence-corrected chi connectivity index (χ2v) is 5.33. The van der Waals surface area contributed by atoms with E-state index in [9.17, 15) is 5.11 Å². The lowest BCUT2D eigenvalue weighted by atomic mass is 9.90. The van der Waals surface area contributed by atoms with Gasteiger partial charge in [-0.2, -0.15) is 0 Å². The lowest BCUT2D eigenvalue weighted by Gasteiger charge is -2.27. The van der Waals surface area contributed by atoms with Crippen molar-refractivity contribution in [2.24, 2.45) is 0 Å². The number of benzene rings is 1. The SMILES string of the molecule is Cc1c(C)c(Cl)c(C)c(C2CCCCN2)c1O. The molecule has 1 unspecified atom stereocenters. The molecule has 0 amide bonds. The lowest BCUT2D eigenvalue weighted by Crippen LogP contribution is -2.27. The van der Waals surface area contributed by atoms with Crippen molar-refractivity contribution < 1.29 is 5.11 Å². The normalized spacial score (nSPS) is 20.6. The quantitative estimate of drug-likeness (QED) is 0.798. The summed E-state index contributed by atoms with van der Waals surface area (Å²) in [6, 6.07) is 0.251. The highest BCUT2D eigenvalue weighted by atomic mass is 35.5. The molecule has 0 spiro atoms. The first-order chi connectivity index (χ1) is 8.04. The van der Waals surface area contributed by atoms with Crippen LogP contribution in [0.5, 0.6) is 5.75 Å². The molecule has 17 heavy (non-hydrogen) atoms. The number of nitrogens with one attached hydrogen (secondary N) is 1. The molecule has 2 nitrogen and oxygen atoms in total. The summed E-state index contributed by atoms with van der Waals surface area (Å²) < 4.78 is 0. The Balaban J connectivity index is 2.52. The van der Waals surface area contributed by atoms with Crippen LogP contribution in [0, 0.1) is 20.8 Å². The lowest BCUT2D eigenvalue weighted by molar-refractivity contribution is 0.388. The Morgan fingerprint density at radius 1 is 1.12 bits per heavy atom. The third kappa shape index (κ3) is 2.16. The minimum atomic E-state index is 0.251. The average molecular weight is 254 g/mol. The van der Waals surface area contributed by atoms with Crippen molar-refractivity contribution >= 4 is 11.6 Å². The molecule has 1 atom stereocenters. The smallest absolute Gasteiger partial charge is 0.123 e. The average Bonchev–Trinajstić information content (AvgIpc) is 2.36. The van der Waals surface area contributed by atoms with Crippen LogP contribution >= 0.6 is 11.6 Å². The maximum Gasteiger partial charge on any atom is 0.123 e. The maximum absolute atomic E-state index is 10.3. The van der Waals surface area contributed by atoms with Crippen LogP contribution in [0.15, 0.2) is 0 Å². The number of hydrogen-bond donors (Lipinski definition) is 2. The van der Waals surface area contributed by atoms with Crippen molar-refractivity contribution in [3.8, 4) is 5.75 Å². The zero-order valence-corrected chi connectivity index (χ0v) is 11.5. The second kappa shape index (κ2) is 4.87. The molecule has 0 bridgehead atoms. The van der Waals surface area contributed by atoms with Crippen LogP contribution in [0.3, 0.4) is 0 Å². The molecule has 1 heterocycles. The van der Waals surface area contributed by atoms with Crippen molar-refractivity contribution in [1.82, 2.24) is 5.32 Å². The molecule has 94 valence electrons. The van der Waals surface area contributed by atoms with Gasteiger partial charge in [-0.15, -0.1) is 0 Å². The van der Waals surface area contributed by atoms with E-state index in [1.54, 1.807) is 0 Å². The Morgan fingerprint density at radius 3 is 2.41 bits per heavy atom. The Morgan fingerprint density at radius 2 is 1.82 bits per heavy atom. The molecule has 1 aliphatic rings. The van der Waals surface area contributed by atoms with E-state index >= 15 is 0 Å². The van der Waals surface area contributed by atoms with E-state index in [0.29, 0.717) is 5.75 Å². The van der Waals surface area contributed by atoms with Gasteiger partial charge in [0.25, 0.3) is 0 Å². The van der Waals surface area contributed by atoms with Crippen LogP contribution in [0.4, 0.5) is 0 Å². The summed E-state index contributed by atoms with van der Waals surface area (Å²) in [6.45, 7) is 6.92. The van der Waals surface area contributed by atoms with Gasteiger partial charge in [0.15, 0.2) is 0 Å². The Bertz CT molecular complexity index is 407. The summed E-state index contributed by atoms with van der Waals surface area (Å²) >= 11 is 6.34. The number of rotatable bonds is 1. The highest BCUT2D eigenvalue weighted by Gasteiger charge is 2.24. The molecule has 0 radical (unpaired) electrons. The predicted octanol–water partition coefficient (Wildman–Crippen LogP) is 3.79. The van der Waals surface area contributed by atoms with Gasteiger partial charge in [-0.25, -0.2) is 0 Å². The fraction of sp³-hybridized carbons (Fsp3) is 0.571. The largest absolute Gasteiger partial charge is 0.507 e. The number of halogens is 1. The Labute approximate surface area is 108 Å². The molecule has 1 aromatic rings. The highest BCUT2D eigenvalue weighted by molar-refractivity contribution is 6.32. The van der Waals surface area contributed by atoms with Gasteiger partial charge in [0.2, 0.25) is 0 Å². The summed E-state index contributed by atoms with van der Waals surface area (Å²) in [5.74, 6) is 0.420. The molecule has 3 heteroatoms. The summed E-state index contributed by atoms with van der Waals surface area (Å²) in [5.41, 5.74) is 3.91. The van der Waals surface area contributed by atoms with Gasteiger partial charge in [-0.05, 0) is 56.8 Å². The summed E-state index contributed by atoms with van der Waals surface area (Å²) in [7, 11) is 0. The molecule has 2 rings (SSSR count). The topological polar surface area (TPSA) is 32.3 Å². The third-order valence-electron chi connectivity index (χ3n) is 3.89. The summed E-state index contributed by atoms with van der Waals surface area (Å²) in [5, 5.41) is 14.6. The molecule has 2 N–H and O–H groups in total. The minimum absolute atomic E-state index is 0.251. The molecular weight excluding hydrogens is 234 g/mol. The summed E-state index contributed by atoms with van der Waals surface area (Å²) in [6.07, 6.45) is 3.50. The van der Waals surface area contributed by atoms with Gasteiger partial charge < -0.3 is 10.4 Å². The molecule has 1 aliphatic heterocycles. The van der Waals surface area contributed by atoms with Crippen molar-refractivity contribution in [1.29, 1.82) is 0 Å². The summed E-state index contributed by atoms with van der Waals surface area (Å²) in [4.78, 5) is 0. The van der Waals surface area contributed by atoms with E-state index in [-0.39, 0.29) is 6.04 Å². The first kappa shape index (κ1) is 12.7. The van der Waals surface area contributed by atoms with E-state index in [1.165, 1.54) is 12.8 Å². The van der Waals surface area contributed by atoms with E-state index in [2.05, 4.69) is 5.32 Å². The van der Waals surface area contributed by atoms with Crippen molar-refractivity contribution in [2.75, 3.05) is 6.54 Å². The van der Waals surface area contributed by atoms with Gasteiger partial charge in [0, 0.05) is 16.6 Å². The van der Waals surface area contributed by atoms with Gasteiger partial charge in [-0.1, -0.05) is 18.0 Å². The zero-order valence-electron chi connectivity index (χ0n) is 10.7. The zero-order chi connectivity index (χ0) is 12.6. The van der Waals surface area contributed by atoms with Crippen LogP contribution in [-0.4, -0.2) is 11.7 Å². The molecular formula is C14H20ClNO. The Kier molecular flexibility index (Phi) is 3.64. The van der Waals surface area contributed by atoms with Gasteiger partial charge >= 0.3 is 0 Å². The monoisotopic (exact) mass is 253 g/mol. The van der Waals surface area contributed by atoms with Crippen LogP contribution < -0.4 is 5.32 Å². The van der Waals surface area contributed by atoms with E-state index < -0.39 is 0 Å². The number of piperidine rings is 1. The molecule has 1 saturated heterocycles. The number of aromatic hydroxyl groups is 1. The minimum Gasteiger partial charge on any atom is -0.507 e.